The predicted molar refractivity (Wildman–Crippen MR) is 138 cm³/mol. The van der Waals surface area contributed by atoms with Crippen molar-refractivity contribution < 1.29 is 14.6 Å². The van der Waals surface area contributed by atoms with Crippen molar-refractivity contribution in [1.29, 1.82) is 0 Å². The number of β-amino-alcohol motifs (C(OH)–C–C–N with tert-alkyl or cyclic N) is 1. The Hall–Kier alpha value is -2.96. The van der Waals surface area contributed by atoms with Crippen LogP contribution in [0.15, 0.2) is 54.6 Å². The summed E-state index contributed by atoms with van der Waals surface area (Å²) in [7, 11) is 0. The standard InChI is InChI=1S/C29H35N3O3/c1-20(21-10-4-2-5-11-21)30-29(34)35-28-24-14-8-9-15-26(24)31-27(22-12-6-3-7-13-22)25(28)19-32-17-16-23(33)18-32/h3,6-9,12-15,20-21,23,33H,2,4-5,10-11,16-19H2,1H3,(H,30,34)/t20-,23+/m0/s1. The van der Waals surface area contributed by atoms with Crippen molar-refractivity contribution >= 4 is 17.0 Å². The van der Waals surface area contributed by atoms with Crippen LogP contribution in [0.25, 0.3) is 22.2 Å². The Balaban J connectivity index is 1.52. The molecule has 1 saturated carbocycles. The molecule has 1 amide bonds. The third kappa shape index (κ3) is 5.49. The van der Waals surface area contributed by atoms with Crippen molar-refractivity contribution in [2.24, 2.45) is 5.92 Å². The van der Waals surface area contributed by atoms with E-state index in [2.05, 4.69) is 17.1 Å². The number of para-hydroxylation sites is 1. The van der Waals surface area contributed by atoms with Gasteiger partial charge in [0.25, 0.3) is 0 Å². The summed E-state index contributed by atoms with van der Waals surface area (Å²) in [4.78, 5) is 20.4. The van der Waals surface area contributed by atoms with Crippen LogP contribution in [0.3, 0.4) is 0 Å². The van der Waals surface area contributed by atoms with Gasteiger partial charge in [-0.1, -0.05) is 61.7 Å². The molecule has 2 heterocycles. The Morgan fingerprint density at radius 1 is 1.09 bits per heavy atom. The summed E-state index contributed by atoms with van der Waals surface area (Å²) in [5.74, 6) is 1.06. The number of pyridine rings is 1. The minimum Gasteiger partial charge on any atom is -0.409 e. The molecule has 0 spiro atoms. The van der Waals surface area contributed by atoms with Crippen LogP contribution in [-0.2, 0) is 6.54 Å². The quantitative estimate of drug-likeness (QED) is 0.493. The zero-order chi connectivity index (χ0) is 24.2. The second kappa shape index (κ2) is 10.8. The number of benzene rings is 2. The third-order valence-corrected chi connectivity index (χ3v) is 7.51. The largest absolute Gasteiger partial charge is 0.412 e. The fraction of sp³-hybridized carbons (Fsp3) is 0.448. The molecule has 2 N–H and O–H groups in total. The Labute approximate surface area is 207 Å². The first-order valence-electron chi connectivity index (χ1n) is 12.9. The van der Waals surface area contributed by atoms with E-state index in [-0.39, 0.29) is 12.1 Å². The van der Waals surface area contributed by atoms with Gasteiger partial charge in [0.2, 0.25) is 0 Å². The first kappa shape index (κ1) is 23.8. The second-order valence-corrected chi connectivity index (χ2v) is 10.0. The van der Waals surface area contributed by atoms with Crippen LogP contribution in [0.4, 0.5) is 4.79 Å². The van der Waals surface area contributed by atoms with E-state index in [1.807, 2.05) is 54.6 Å². The number of fused-ring (bicyclic) bond motifs is 1. The summed E-state index contributed by atoms with van der Waals surface area (Å²) < 4.78 is 6.14. The second-order valence-electron chi connectivity index (χ2n) is 10.0. The topological polar surface area (TPSA) is 74.7 Å². The van der Waals surface area contributed by atoms with Crippen molar-refractivity contribution in [3.63, 3.8) is 0 Å². The van der Waals surface area contributed by atoms with Gasteiger partial charge in [-0.15, -0.1) is 0 Å². The van der Waals surface area contributed by atoms with Crippen LogP contribution >= 0.6 is 0 Å². The van der Waals surface area contributed by atoms with Gasteiger partial charge in [-0.3, -0.25) is 4.90 Å². The van der Waals surface area contributed by atoms with Gasteiger partial charge in [0.1, 0.15) is 5.75 Å². The normalized spacial score (nSPS) is 20.1. The summed E-state index contributed by atoms with van der Waals surface area (Å²) >= 11 is 0. The number of amides is 1. The maximum absolute atomic E-state index is 13.2. The Morgan fingerprint density at radius 2 is 1.83 bits per heavy atom. The molecular formula is C29H35N3O3. The number of aliphatic hydroxyl groups excluding tert-OH is 1. The molecule has 0 unspecified atom stereocenters. The molecule has 35 heavy (non-hydrogen) atoms. The lowest BCUT2D eigenvalue weighted by Gasteiger charge is -2.28. The molecule has 1 aliphatic carbocycles. The zero-order valence-corrected chi connectivity index (χ0v) is 20.5. The summed E-state index contributed by atoms with van der Waals surface area (Å²) in [6, 6.07) is 17.9. The maximum atomic E-state index is 13.2. The smallest absolute Gasteiger partial charge is 0.409 e. The highest BCUT2D eigenvalue weighted by Gasteiger charge is 2.27. The van der Waals surface area contributed by atoms with Crippen molar-refractivity contribution in [3.05, 3.63) is 60.2 Å². The monoisotopic (exact) mass is 473 g/mol. The first-order chi connectivity index (χ1) is 17.1. The van der Waals surface area contributed by atoms with Gasteiger partial charge in [0.05, 0.1) is 17.3 Å². The van der Waals surface area contributed by atoms with Gasteiger partial charge in [-0.25, -0.2) is 9.78 Å². The van der Waals surface area contributed by atoms with Crippen LogP contribution < -0.4 is 10.1 Å². The Morgan fingerprint density at radius 3 is 2.57 bits per heavy atom. The van der Waals surface area contributed by atoms with Crippen molar-refractivity contribution in [1.82, 2.24) is 15.2 Å². The van der Waals surface area contributed by atoms with Crippen LogP contribution in [0, 0.1) is 5.92 Å². The third-order valence-electron chi connectivity index (χ3n) is 7.51. The van der Waals surface area contributed by atoms with Crippen LogP contribution in [0.5, 0.6) is 5.75 Å². The van der Waals surface area contributed by atoms with E-state index in [9.17, 15) is 9.90 Å². The van der Waals surface area contributed by atoms with E-state index < -0.39 is 6.09 Å². The lowest BCUT2D eigenvalue weighted by atomic mass is 9.85. The number of carbonyl (C=O) groups excluding carboxylic acids is 1. The van der Waals surface area contributed by atoms with Crippen LogP contribution in [-0.4, -0.2) is 46.3 Å². The number of nitrogens with one attached hydrogen (secondary N) is 1. The van der Waals surface area contributed by atoms with E-state index in [0.29, 0.717) is 24.8 Å². The molecule has 6 nitrogen and oxygen atoms in total. The highest BCUT2D eigenvalue weighted by molar-refractivity contribution is 5.92. The van der Waals surface area contributed by atoms with Gasteiger partial charge in [0.15, 0.2) is 0 Å². The molecule has 184 valence electrons. The number of carbonyl (C=O) groups is 1. The van der Waals surface area contributed by atoms with E-state index in [1.165, 1.54) is 19.3 Å². The number of aliphatic hydroxyl groups is 1. The Bertz CT molecular complexity index is 1160. The number of ether oxygens (including phenoxy) is 1. The van der Waals surface area contributed by atoms with Crippen molar-refractivity contribution in [3.8, 4) is 17.0 Å². The highest BCUT2D eigenvalue weighted by atomic mass is 16.6. The van der Waals surface area contributed by atoms with Crippen LogP contribution in [0.1, 0.15) is 51.0 Å². The maximum Gasteiger partial charge on any atom is 0.412 e. The van der Waals surface area contributed by atoms with E-state index in [1.54, 1.807) is 0 Å². The van der Waals surface area contributed by atoms with Crippen LogP contribution in [0.2, 0.25) is 0 Å². The summed E-state index contributed by atoms with van der Waals surface area (Å²) in [6.07, 6.45) is 6.06. The number of nitrogens with zero attached hydrogens (tertiary/aromatic N) is 2. The molecule has 5 rings (SSSR count). The lowest BCUT2D eigenvalue weighted by Crippen LogP contribution is -2.40. The molecule has 2 aromatic carbocycles. The minimum absolute atomic E-state index is 0.0710. The van der Waals surface area contributed by atoms with E-state index in [4.69, 9.17) is 9.72 Å². The molecule has 2 fully saturated rings. The molecular weight excluding hydrogens is 438 g/mol. The summed E-state index contributed by atoms with van der Waals surface area (Å²) in [5, 5.41) is 14.1. The molecule has 6 heteroatoms. The molecule has 0 radical (unpaired) electrons. The van der Waals surface area contributed by atoms with Crippen molar-refractivity contribution in [2.45, 2.75) is 64.1 Å². The number of hydrogen-bond acceptors (Lipinski definition) is 5. The van der Waals surface area contributed by atoms with Gasteiger partial charge in [0, 0.05) is 42.2 Å². The van der Waals surface area contributed by atoms with Crippen molar-refractivity contribution in [2.75, 3.05) is 13.1 Å². The van der Waals surface area contributed by atoms with Gasteiger partial charge >= 0.3 is 6.09 Å². The SMILES string of the molecule is C[C@H](NC(=O)Oc1c(CN2CC[C@@H](O)C2)c(-c2ccccc2)nc2ccccc12)C1CCCCC1. The number of hydrogen-bond donors (Lipinski definition) is 2. The minimum atomic E-state index is -0.416. The lowest BCUT2D eigenvalue weighted by molar-refractivity contribution is 0.173. The number of rotatable bonds is 6. The molecule has 2 aliphatic rings. The van der Waals surface area contributed by atoms with Gasteiger partial charge in [-0.05, 0) is 44.2 Å². The van der Waals surface area contributed by atoms with Gasteiger partial charge in [-0.2, -0.15) is 0 Å². The fourth-order valence-corrected chi connectivity index (χ4v) is 5.56. The highest BCUT2D eigenvalue weighted by Crippen LogP contribution is 2.37. The molecule has 1 aromatic heterocycles. The van der Waals surface area contributed by atoms with E-state index >= 15 is 0 Å². The molecule has 0 bridgehead atoms. The predicted octanol–water partition coefficient (Wildman–Crippen LogP) is 5.53. The molecule has 2 atom stereocenters. The van der Waals surface area contributed by atoms with E-state index in [0.717, 1.165) is 53.5 Å². The number of likely N-dealkylation sites (tertiary alicyclic amines) is 1. The average molecular weight is 474 g/mol. The Kier molecular flexibility index (Phi) is 7.30. The first-order valence-corrected chi connectivity index (χ1v) is 12.9. The molecule has 1 saturated heterocycles. The molecule has 3 aromatic rings. The summed E-state index contributed by atoms with van der Waals surface area (Å²) in [6.45, 7) is 4.04. The summed E-state index contributed by atoms with van der Waals surface area (Å²) in [5.41, 5.74) is 3.46. The number of aromatic nitrogens is 1. The average Bonchev–Trinajstić information content (AvgIpc) is 3.30. The van der Waals surface area contributed by atoms with Gasteiger partial charge < -0.3 is 15.2 Å². The fourth-order valence-electron chi connectivity index (χ4n) is 5.56. The zero-order valence-electron chi connectivity index (χ0n) is 20.5. The molecule has 1 aliphatic heterocycles.